The Labute approximate surface area is 110 Å². The van der Waals surface area contributed by atoms with Gasteiger partial charge in [-0.2, -0.15) is 5.10 Å². The number of aromatic nitrogens is 2. The first-order chi connectivity index (χ1) is 8.73. The zero-order chi connectivity index (χ0) is 14.7. The van der Waals surface area contributed by atoms with Crippen molar-refractivity contribution in [3.05, 3.63) is 21.5 Å². The van der Waals surface area contributed by atoms with Gasteiger partial charge in [-0.25, -0.2) is 0 Å². The van der Waals surface area contributed by atoms with Crippen LogP contribution >= 0.6 is 0 Å². The third kappa shape index (κ3) is 3.50. The predicted octanol–water partition coefficient (Wildman–Crippen LogP) is 0.247. The van der Waals surface area contributed by atoms with Gasteiger partial charge in [0, 0.05) is 13.6 Å². The summed E-state index contributed by atoms with van der Waals surface area (Å²) in [5, 5.41) is 24.1. The summed E-state index contributed by atoms with van der Waals surface area (Å²) in [5.41, 5.74) is 0.570. The van der Waals surface area contributed by atoms with Gasteiger partial charge >= 0.3 is 5.69 Å². The van der Waals surface area contributed by atoms with Gasteiger partial charge in [0.2, 0.25) is 5.91 Å². The van der Waals surface area contributed by atoms with Gasteiger partial charge in [-0.05, 0) is 20.8 Å². The Morgan fingerprint density at radius 2 is 2.16 bits per heavy atom. The molecule has 1 N–H and O–H groups in total. The summed E-state index contributed by atoms with van der Waals surface area (Å²) < 4.78 is 1.31. The number of nitrogens with zero attached hydrogens (tertiary/aromatic N) is 4. The number of carbonyl (C=O) groups is 1. The van der Waals surface area contributed by atoms with Gasteiger partial charge in [0.05, 0.1) is 11.0 Å². The lowest BCUT2D eigenvalue weighted by molar-refractivity contribution is -0.386. The highest BCUT2D eigenvalue weighted by atomic mass is 16.6. The SMILES string of the molecule is Cc1nn(CC(=O)N(C)CC(C)O)c(C)c1[N+](=O)[O-]. The second kappa shape index (κ2) is 5.79. The van der Waals surface area contributed by atoms with Crippen LogP contribution < -0.4 is 0 Å². The molecule has 1 atom stereocenters. The van der Waals surface area contributed by atoms with Crippen LogP contribution in [-0.2, 0) is 11.3 Å². The van der Waals surface area contributed by atoms with E-state index < -0.39 is 11.0 Å². The first-order valence-corrected chi connectivity index (χ1v) is 5.84. The number of carbonyl (C=O) groups excluding carboxylic acids is 1. The molecular weight excluding hydrogens is 252 g/mol. The molecule has 0 bridgehead atoms. The molecule has 0 aliphatic carbocycles. The van der Waals surface area contributed by atoms with E-state index in [1.54, 1.807) is 20.9 Å². The van der Waals surface area contributed by atoms with Crippen molar-refractivity contribution in [2.45, 2.75) is 33.4 Å². The number of aliphatic hydroxyl groups excluding tert-OH is 1. The normalized spacial score (nSPS) is 12.3. The zero-order valence-electron chi connectivity index (χ0n) is 11.5. The summed E-state index contributed by atoms with van der Waals surface area (Å²) in [4.78, 5) is 23.6. The van der Waals surface area contributed by atoms with Crippen molar-refractivity contribution in [3.63, 3.8) is 0 Å². The number of aliphatic hydroxyl groups is 1. The van der Waals surface area contributed by atoms with Gasteiger partial charge in [0.25, 0.3) is 0 Å². The number of nitro groups is 1. The Balaban J connectivity index is 2.86. The molecule has 1 aromatic heterocycles. The number of hydrogen-bond donors (Lipinski definition) is 1. The molecule has 0 aromatic carbocycles. The molecule has 0 aliphatic heterocycles. The predicted molar refractivity (Wildman–Crippen MR) is 67.7 cm³/mol. The fourth-order valence-electron chi connectivity index (χ4n) is 1.85. The minimum atomic E-state index is -0.622. The number of amides is 1. The van der Waals surface area contributed by atoms with Crippen LogP contribution in [0.1, 0.15) is 18.3 Å². The Bertz CT molecular complexity index is 495. The number of hydrogen-bond acceptors (Lipinski definition) is 5. The second-order valence-corrected chi connectivity index (χ2v) is 4.56. The fraction of sp³-hybridized carbons (Fsp3) is 0.636. The highest BCUT2D eigenvalue weighted by molar-refractivity contribution is 5.75. The van der Waals surface area contributed by atoms with Crippen molar-refractivity contribution < 1.29 is 14.8 Å². The van der Waals surface area contributed by atoms with E-state index in [4.69, 9.17) is 0 Å². The summed E-state index contributed by atoms with van der Waals surface area (Å²) in [7, 11) is 1.56. The van der Waals surface area contributed by atoms with Gasteiger partial charge in [0.1, 0.15) is 17.9 Å². The van der Waals surface area contributed by atoms with E-state index in [0.29, 0.717) is 5.69 Å². The molecule has 1 aromatic rings. The monoisotopic (exact) mass is 270 g/mol. The molecule has 0 spiro atoms. The average Bonchev–Trinajstić information content (AvgIpc) is 2.52. The maximum Gasteiger partial charge on any atom is 0.312 e. The lowest BCUT2D eigenvalue weighted by Crippen LogP contribution is -2.35. The molecule has 1 rings (SSSR count). The summed E-state index contributed by atoms with van der Waals surface area (Å²) in [6.07, 6.45) is -0.622. The van der Waals surface area contributed by atoms with Crippen molar-refractivity contribution >= 4 is 11.6 Å². The topological polar surface area (TPSA) is 102 Å². The second-order valence-electron chi connectivity index (χ2n) is 4.56. The van der Waals surface area contributed by atoms with Crippen LogP contribution in [0.15, 0.2) is 0 Å². The highest BCUT2D eigenvalue weighted by Gasteiger charge is 2.23. The van der Waals surface area contributed by atoms with Gasteiger partial charge in [-0.1, -0.05) is 0 Å². The van der Waals surface area contributed by atoms with E-state index in [2.05, 4.69) is 5.10 Å². The lowest BCUT2D eigenvalue weighted by atomic mass is 10.3. The van der Waals surface area contributed by atoms with Gasteiger partial charge in [0.15, 0.2) is 0 Å². The van der Waals surface area contributed by atoms with Crippen molar-refractivity contribution in [2.24, 2.45) is 0 Å². The molecule has 0 fully saturated rings. The summed E-state index contributed by atoms with van der Waals surface area (Å²) in [6.45, 7) is 4.80. The van der Waals surface area contributed by atoms with E-state index in [1.165, 1.54) is 16.5 Å². The van der Waals surface area contributed by atoms with Crippen LogP contribution in [0.4, 0.5) is 5.69 Å². The van der Waals surface area contributed by atoms with E-state index in [0.717, 1.165) is 0 Å². The van der Waals surface area contributed by atoms with E-state index in [-0.39, 0.29) is 30.4 Å². The molecule has 0 saturated heterocycles. The molecule has 1 amide bonds. The first kappa shape index (κ1) is 15.1. The minimum Gasteiger partial charge on any atom is -0.392 e. The summed E-state index contributed by atoms with van der Waals surface area (Å²) in [5.74, 6) is -0.263. The quantitative estimate of drug-likeness (QED) is 0.610. The zero-order valence-corrected chi connectivity index (χ0v) is 11.5. The van der Waals surface area contributed by atoms with Crippen molar-refractivity contribution in [2.75, 3.05) is 13.6 Å². The molecule has 0 saturated carbocycles. The Hall–Kier alpha value is -1.96. The molecule has 8 nitrogen and oxygen atoms in total. The average molecular weight is 270 g/mol. The van der Waals surface area contributed by atoms with Crippen LogP contribution in [0.2, 0.25) is 0 Å². The standard InChI is InChI=1S/C11H18N4O4/c1-7(16)5-13(4)10(17)6-14-9(3)11(15(18)19)8(2)12-14/h7,16H,5-6H2,1-4H3. The van der Waals surface area contributed by atoms with Gasteiger partial charge in [-0.3, -0.25) is 19.6 Å². The number of likely N-dealkylation sites (N-methyl/N-ethyl adjacent to an activating group) is 1. The smallest absolute Gasteiger partial charge is 0.312 e. The minimum absolute atomic E-state index is 0.0639. The fourth-order valence-corrected chi connectivity index (χ4v) is 1.85. The third-order valence-electron chi connectivity index (χ3n) is 2.77. The molecule has 19 heavy (non-hydrogen) atoms. The maximum atomic E-state index is 11.9. The summed E-state index contributed by atoms with van der Waals surface area (Å²) >= 11 is 0. The molecule has 1 heterocycles. The highest BCUT2D eigenvalue weighted by Crippen LogP contribution is 2.21. The maximum absolute atomic E-state index is 11.9. The first-order valence-electron chi connectivity index (χ1n) is 5.84. The largest absolute Gasteiger partial charge is 0.392 e. The van der Waals surface area contributed by atoms with E-state index in [9.17, 15) is 20.0 Å². The van der Waals surface area contributed by atoms with E-state index >= 15 is 0 Å². The Kier molecular flexibility index (Phi) is 4.60. The van der Waals surface area contributed by atoms with Crippen molar-refractivity contribution in [1.29, 1.82) is 0 Å². The van der Waals surface area contributed by atoms with Gasteiger partial charge in [-0.15, -0.1) is 0 Å². The van der Waals surface area contributed by atoms with Crippen molar-refractivity contribution in [1.82, 2.24) is 14.7 Å². The van der Waals surface area contributed by atoms with Crippen LogP contribution in [-0.4, -0.2) is 50.3 Å². The lowest BCUT2D eigenvalue weighted by Gasteiger charge is -2.18. The number of aryl methyl sites for hydroxylation is 1. The van der Waals surface area contributed by atoms with Crippen LogP contribution in [0.25, 0.3) is 0 Å². The Morgan fingerprint density at radius 1 is 1.58 bits per heavy atom. The van der Waals surface area contributed by atoms with Gasteiger partial charge < -0.3 is 10.0 Å². The third-order valence-corrected chi connectivity index (χ3v) is 2.77. The molecule has 8 heteroatoms. The summed E-state index contributed by atoms with van der Waals surface area (Å²) in [6, 6.07) is 0. The van der Waals surface area contributed by atoms with Crippen LogP contribution in [0, 0.1) is 24.0 Å². The van der Waals surface area contributed by atoms with E-state index in [1.807, 2.05) is 0 Å². The van der Waals surface area contributed by atoms with Crippen LogP contribution in [0.3, 0.4) is 0 Å². The Morgan fingerprint density at radius 3 is 2.58 bits per heavy atom. The molecule has 0 radical (unpaired) electrons. The molecule has 1 unspecified atom stereocenters. The van der Waals surface area contributed by atoms with Crippen LogP contribution in [0.5, 0.6) is 0 Å². The molecule has 106 valence electrons. The molecular formula is C11H18N4O4. The number of rotatable bonds is 5. The molecule has 0 aliphatic rings. The van der Waals surface area contributed by atoms with Crippen molar-refractivity contribution in [3.8, 4) is 0 Å².